The van der Waals surface area contributed by atoms with E-state index in [0.29, 0.717) is 10.3 Å². The van der Waals surface area contributed by atoms with Crippen molar-refractivity contribution in [2.45, 2.75) is 0 Å². The molecule has 2 aromatic rings. The van der Waals surface area contributed by atoms with Gasteiger partial charge in [0.25, 0.3) is 5.69 Å². The third-order valence-electron chi connectivity index (χ3n) is 1.98. The first-order valence-electron chi connectivity index (χ1n) is 4.22. The maximum absolute atomic E-state index is 10.6. The van der Waals surface area contributed by atoms with E-state index in [1.807, 2.05) is 0 Å². The number of hydrogen-bond donors (Lipinski definition) is 0. The molecule has 2 rings (SSSR count). The van der Waals surface area contributed by atoms with Crippen molar-refractivity contribution < 1.29 is 4.92 Å². The Labute approximate surface area is 104 Å². The second kappa shape index (κ2) is 4.23. The fourth-order valence-corrected chi connectivity index (χ4v) is 1.80. The highest BCUT2D eigenvalue weighted by Crippen LogP contribution is 2.26. The minimum absolute atomic E-state index is 0.104. The van der Waals surface area contributed by atoms with Gasteiger partial charge in [-0.3, -0.25) is 10.1 Å². The largest absolute Gasteiger partial charge is 0.305 e. The molecule has 0 atom stereocenters. The molecule has 1 aromatic heterocycles. The topological polar surface area (TPSA) is 61.0 Å². The van der Waals surface area contributed by atoms with Crippen molar-refractivity contribution in [1.29, 1.82) is 0 Å². The third kappa shape index (κ3) is 2.07. The molecule has 0 saturated heterocycles. The molecule has 7 heteroatoms. The van der Waals surface area contributed by atoms with Crippen LogP contribution in [0.2, 0.25) is 5.02 Å². The van der Waals surface area contributed by atoms with Crippen LogP contribution in [0.3, 0.4) is 0 Å². The Morgan fingerprint density at radius 1 is 1.50 bits per heavy atom. The molecule has 16 heavy (non-hydrogen) atoms. The van der Waals surface area contributed by atoms with E-state index in [-0.39, 0.29) is 10.7 Å². The van der Waals surface area contributed by atoms with Crippen molar-refractivity contribution in [2.24, 2.45) is 0 Å². The minimum atomic E-state index is -0.518. The summed E-state index contributed by atoms with van der Waals surface area (Å²) < 4.78 is 2.39. The van der Waals surface area contributed by atoms with Gasteiger partial charge in [-0.15, -0.1) is 0 Å². The van der Waals surface area contributed by atoms with Crippen LogP contribution in [0.1, 0.15) is 0 Å². The maximum Gasteiger partial charge on any atom is 0.288 e. The van der Waals surface area contributed by atoms with Crippen LogP contribution >= 0.6 is 27.5 Å². The molecule has 0 amide bonds. The molecule has 0 bridgehead atoms. The normalized spacial score (nSPS) is 10.4. The van der Waals surface area contributed by atoms with Gasteiger partial charge in [0.15, 0.2) is 0 Å². The van der Waals surface area contributed by atoms with E-state index in [1.54, 1.807) is 23.2 Å². The molecule has 1 heterocycles. The fourth-order valence-electron chi connectivity index (χ4n) is 1.24. The predicted octanol–water partition coefficient (Wildman–Crippen LogP) is 3.20. The van der Waals surface area contributed by atoms with Crippen molar-refractivity contribution in [1.82, 2.24) is 9.55 Å². The van der Waals surface area contributed by atoms with Gasteiger partial charge in [0.2, 0.25) is 0 Å². The summed E-state index contributed by atoms with van der Waals surface area (Å²) in [6.45, 7) is 0. The number of rotatable bonds is 2. The zero-order valence-corrected chi connectivity index (χ0v) is 10.1. The summed E-state index contributed by atoms with van der Waals surface area (Å²) in [7, 11) is 0. The summed E-state index contributed by atoms with van der Waals surface area (Å²) in [6, 6.07) is 4.50. The van der Waals surface area contributed by atoms with E-state index < -0.39 is 4.92 Å². The average molecular weight is 303 g/mol. The molecular formula is C9H5BrClN3O2. The highest BCUT2D eigenvalue weighted by Gasteiger charge is 2.12. The zero-order chi connectivity index (χ0) is 11.7. The Bertz CT molecular complexity index is 555. The summed E-state index contributed by atoms with van der Waals surface area (Å²) in [4.78, 5) is 14.0. The molecule has 0 aliphatic rings. The molecule has 82 valence electrons. The fraction of sp³-hybridized carbons (Fsp3) is 0. The number of nitro groups is 1. The lowest BCUT2D eigenvalue weighted by molar-refractivity contribution is -0.384. The van der Waals surface area contributed by atoms with Gasteiger partial charge in [0.05, 0.1) is 4.92 Å². The van der Waals surface area contributed by atoms with Gasteiger partial charge in [-0.1, -0.05) is 11.6 Å². The van der Waals surface area contributed by atoms with E-state index in [2.05, 4.69) is 20.9 Å². The van der Waals surface area contributed by atoms with Crippen molar-refractivity contribution in [2.75, 3.05) is 0 Å². The maximum atomic E-state index is 10.6. The molecule has 0 spiro atoms. The quantitative estimate of drug-likeness (QED) is 0.632. The smallest absolute Gasteiger partial charge is 0.288 e. The van der Waals surface area contributed by atoms with E-state index in [4.69, 9.17) is 11.6 Å². The molecule has 5 nitrogen and oxygen atoms in total. The molecule has 1 aromatic carbocycles. The van der Waals surface area contributed by atoms with Gasteiger partial charge in [-0.2, -0.15) is 0 Å². The van der Waals surface area contributed by atoms with Crippen LogP contribution in [0.25, 0.3) is 5.69 Å². The lowest BCUT2D eigenvalue weighted by Gasteiger charge is -2.02. The summed E-state index contributed by atoms with van der Waals surface area (Å²) in [6.07, 6.45) is 3.32. The van der Waals surface area contributed by atoms with E-state index in [0.717, 1.165) is 0 Å². The van der Waals surface area contributed by atoms with Crippen molar-refractivity contribution in [3.05, 3.63) is 50.5 Å². The lowest BCUT2D eigenvalue weighted by Crippen LogP contribution is -1.93. The van der Waals surface area contributed by atoms with Crippen LogP contribution in [0.5, 0.6) is 0 Å². The number of hydrogen-bond acceptors (Lipinski definition) is 3. The number of benzene rings is 1. The lowest BCUT2D eigenvalue weighted by atomic mass is 10.3. The van der Waals surface area contributed by atoms with Crippen molar-refractivity contribution in [3.8, 4) is 5.69 Å². The van der Waals surface area contributed by atoms with Crippen LogP contribution in [0.15, 0.2) is 35.3 Å². The van der Waals surface area contributed by atoms with Gasteiger partial charge in [-0.25, -0.2) is 4.98 Å². The first-order valence-corrected chi connectivity index (χ1v) is 5.39. The number of halogens is 2. The summed E-state index contributed by atoms with van der Waals surface area (Å²) in [5.74, 6) is 0. The monoisotopic (exact) mass is 301 g/mol. The Hall–Kier alpha value is -1.40. The molecule has 0 radical (unpaired) electrons. The number of nitro benzene ring substituents is 1. The minimum Gasteiger partial charge on any atom is -0.305 e. The average Bonchev–Trinajstić information content (AvgIpc) is 2.64. The second-order valence-corrected chi connectivity index (χ2v) is 4.22. The number of imidazole rings is 1. The van der Waals surface area contributed by atoms with Crippen LogP contribution in [-0.2, 0) is 0 Å². The molecule has 0 unspecified atom stereocenters. The summed E-state index contributed by atoms with van der Waals surface area (Å²) in [5.41, 5.74) is 0.610. The first-order chi connectivity index (χ1) is 7.58. The van der Waals surface area contributed by atoms with Gasteiger partial charge in [0.1, 0.15) is 16.0 Å². The third-order valence-corrected chi connectivity index (χ3v) is 2.69. The highest BCUT2D eigenvalue weighted by atomic mass is 79.9. The van der Waals surface area contributed by atoms with E-state index in [1.165, 1.54) is 12.1 Å². The molecule has 0 N–H and O–H groups in total. The molecule has 0 aliphatic carbocycles. The summed E-state index contributed by atoms with van der Waals surface area (Å²) in [5, 5.41) is 10.7. The van der Waals surface area contributed by atoms with Crippen LogP contribution in [-0.4, -0.2) is 14.5 Å². The summed E-state index contributed by atoms with van der Waals surface area (Å²) >= 11 is 9.01. The first kappa shape index (κ1) is 11.1. The molecule has 0 saturated carbocycles. The molecule has 0 fully saturated rings. The Morgan fingerprint density at radius 3 is 2.75 bits per heavy atom. The van der Waals surface area contributed by atoms with Gasteiger partial charge < -0.3 is 4.57 Å². The van der Waals surface area contributed by atoms with Crippen molar-refractivity contribution in [3.63, 3.8) is 0 Å². The van der Waals surface area contributed by atoms with Gasteiger partial charge in [-0.05, 0) is 28.1 Å². The SMILES string of the molecule is O=[N+]([O-])c1ccc(-n2cnc(Br)c2)cc1Cl. The number of aromatic nitrogens is 2. The Kier molecular flexibility index (Phi) is 2.93. The van der Waals surface area contributed by atoms with E-state index >= 15 is 0 Å². The van der Waals surface area contributed by atoms with Crippen molar-refractivity contribution >= 4 is 33.2 Å². The number of nitrogens with zero attached hydrogens (tertiary/aromatic N) is 3. The second-order valence-electron chi connectivity index (χ2n) is 3.00. The van der Waals surface area contributed by atoms with Crippen LogP contribution in [0, 0.1) is 10.1 Å². The predicted molar refractivity (Wildman–Crippen MR) is 62.9 cm³/mol. The van der Waals surface area contributed by atoms with Gasteiger partial charge in [0, 0.05) is 18.0 Å². The van der Waals surface area contributed by atoms with Crippen LogP contribution in [0.4, 0.5) is 5.69 Å². The Balaban J connectivity index is 2.45. The standard InChI is InChI=1S/C9H5BrClN3O2/c10-9-4-13(5-12-9)6-1-2-8(14(15)16)7(11)3-6/h1-5H. The molecule has 0 aliphatic heterocycles. The van der Waals surface area contributed by atoms with Crippen LogP contribution < -0.4 is 0 Å². The molecular weight excluding hydrogens is 297 g/mol. The zero-order valence-electron chi connectivity index (χ0n) is 7.80. The van der Waals surface area contributed by atoms with E-state index in [9.17, 15) is 10.1 Å². The van der Waals surface area contributed by atoms with Gasteiger partial charge >= 0.3 is 0 Å². The Morgan fingerprint density at radius 2 is 2.25 bits per heavy atom. The highest BCUT2D eigenvalue weighted by molar-refractivity contribution is 9.10.